The van der Waals surface area contributed by atoms with Crippen LogP contribution in [0, 0.1) is 21.7 Å². The van der Waals surface area contributed by atoms with Gasteiger partial charge in [0.05, 0.1) is 0 Å². The monoisotopic (exact) mass is 225 g/mol. The Morgan fingerprint density at radius 2 is 2.25 bits per heavy atom. The van der Waals surface area contributed by atoms with E-state index in [-0.39, 0.29) is 6.61 Å². The van der Waals surface area contributed by atoms with Gasteiger partial charge >= 0.3 is 0 Å². The molecular weight excluding hydrogens is 221 g/mol. The van der Waals surface area contributed by atoms with Crippen LogP contribution in [0.15, 0.2) is 0 Å². The lowest BCUT2D eigenvalue weighted by atomic mass is 10.8. The number of nitrogens with zero attached hydrogens (tertiary/aromatic N) is 1. The first-order chi connectivity index (χ1) is 3.91. The van der Waals surface area contributed by atoms with Crippen molar-refractivity contribution in [2.24, 2.45) is 0 Å². The SMILES string of the molecule is C#N.OOCC#CI. The minimum atomic E-state index is 0.100. The van der Waals surface area contributed by atoms with Gasteiger partial charge in [-0.15, -0.1) is 0 Å². The number of hydrogen-bond donors (Lipinski definition) is 1. The van der Waals surface area contributed by atoms with E-state index in [1.165, 1.54) is 0 Å². The van der Waals surface area contributed by atoms with Gasteiger partial charge in [0.15, 0.2) is 0 Å². The third kappa shape index (κ3) is 17.3. The highest BCUT2D eigenvalue weighted by Gasteiger charge is 1.63. The lowest BCUT2D eigenvalue weighted by Crippen LogP contribution is -1.79. The molecule has 0 saturated heterocycles. The summed E-state index contributed by atoms with van der Waals surface area (Å²) in [5.41, 5.74) is 0. The van der Waals surface area contributed by atoms with Crippen LogP contribution in [0.1, 0.15) is 0 Å². The van der Waals surface area contributed by atoms with Crippen molar-refractivity contribution < 1.29 is 10.1 Å². The number of nitriles is 1. The highest BCUT2D eigenvalue weighted by molar-refractivity contribution is 14.1. The van der Waals surface area contributed by atoms with Crippen molar-refractivity contribution in [1.82, 2.24) is 0 Å². The van der Waals surface area contributed by atoms with Crippen molar-refractivity contribution in [2.75, 3.05) is 6.61 Å². The quantitative estimate of drug-likeness (QED) is 0.313. The van der Waals surface area contributed by atoms with Gasteiger partial charge in [-0.05, 0) is 3.93 Å². The zero-order valence-corrected chi connectivity index (χ0v) is 6.12. The van der Waals surface area contributed by atoms with Crippen LogP contribution in [0.2, 0.25) is 0 Å². The van der Waals surface area contributed by atoms with Crippen molar-refractivity contribution in [2.45, 2.75) is 0 Å². The Labute approximate surface area is 61.3 Å². The van der Waals surface area contributed by atoms with E-state index in [2.05, 4.69) is 21.3 Å². The van der Waals surface area contributed by atoms with Crippen molar-refractivity contribution in [3.8, 4) is 16.4 Å². The van der Waals surface area contributed by atoms with Crippen LogP contribution < -0.4 is 0 Å². The van der Waals surface area contributed by atoms with Gasteiger partial charge in [-0.1, -0.05) is 5.92 Å². The third-order valence-corrected chi connectivity index (χ3v) is 0.585. The third-order valence-electron chi connectivity index (χ3n) is 0.204. The summed E-state index contributed by atoms with van der Waals surface area (Å²) < 4.78 is 2.50. The molecular formula is C4H4INO2. The molecule has 0 amide bonds. The maximum Gasteiger partial charge on any atom is 0.143 e. The summed E-state index contributed by atoms with van der Waals surface area (Å²) in [6.45, 7) is 3.60. The van der Waals surface area contributed by atoms with Gasteiger partial charge in [0, 0.05) is 29.2 Å². The van der Waals surface area contributed by atoms with E-state index in [0.717, 1.165) is 0 Å². The second-order valence-electron chi connectivity index (χ2n) is 0.545. The molecule has 0 spiro atoms. The fraction of sp³-hybridized carbons (Fsp3) is 0.250. The average Bonchev–Trinajstić information content (AvgIpc) is 1.88. The maximum absolute atomic E-state index is 7.59. The van der Waals surface area contributed by atoms with E-state index in [1.807, 2.05) is 22.6 Å². The predicted molar refractivity (Wildman–Crippen MR) is 37.0 cm³/mol. The second-order valence-corrected chi connectivity index (χ2v) is 1.08. The van der Waals surface area contributed by atoms with E-state index in [4.69, 9.17) is 10.5 Å². The zero-order valence-electron chi connectivity index (χ0n) is 3.97. The van der Waals surface area contributed by atoms with E-state index >= 15 is 0 Å². The van der Waals surface area contributed by atoms with Crippen molar-refractivity contribution in [3.63, 3.8) is 0 Å². The molecule has 4 heteroatoms. The molecule has 0 aromatic carbocycles. The second kappa shape index (κ2) is 15.9. The Kier molecular flexibility index (Phi) is 21.1. The molecule has 0 aromatic heterocycles. The number of hydrogen-bond acceptors (Lipinski definition) is 3. The Morgan fingerprint density at radius 3 is 2.38 bits per heavy atom. The van der Waals surface area contributed by atoms with Crippen molar-refractivity contribution in [3.05, 3.63) is 0 Å². The van der Waals surface area contributed by atoms with E-state index in [0.29, 0.717) is 0 Å². The first-order valence-electron chi connectivity index (χ1n) is 1.52. The van der Waals surface area contributed by atoms with Crippen LogP contribution in [0.5, 0.6) is 0 Å². The number of halogens is 1. The summed E-state index contributed by atoms with van der Waals surface area (Å²) in [7, 11) is 0. The van der Waals surface area contributed by atoms with Crippen LogP contribution in [-0.2, 0) is 4.89 Å². The highest BCUT2D eigenvalue weighted by Crippen LogP contribution is 1.69. The summed E-state index contributed by atoms with van der Waals surface area (Å²) in [4.78, 5) is 3.60. The maximum atomic E-state index is 7.59. The predicted octanol–water partition coefficient (Wildman–Crippen LogP) is 1.01. The molecule has 3 nitrogen and oxygen atoms in total. The lowest BCUT2D eigenvalue weighted by Gasteiger charge is -1.75. The largest absolute Gasteiger partial charge is 0.251 e. The normalized spacial score (nSPS) is 5.00. The van der Waals surface area contributed by atoms with E-state index < -0.39 is 0 Å². The van der Waals surface area contributed by atoms with Crippen molar-refractivity contribution in [1.29, 1.82) is 5.26 Å². The van der Waals surface area contributed by atoms with Gasteiger partial charge in [-0.25, -0.2) is 10.1 Å². The van der Waals surface area contributed by atoms with Crippen LogP contribution in [0.3, 0.4) is 0 Å². The standard InChI is InChI=1S/C3H3IO2.CHN/c4-2-1-3-6-5;1-2/h5H,3H2;1H. The van der Waals surface area contributed by atoms with Gasteiger partial charge in [-0.2, -0.15) is 0 Å². The van der Waals surface area contributed by atoms with Gasteiger partial charge in [0.25, 0.3) is 0 Å². The smallest absolute Gasteiger partial charge is 0.143 e. The summed E-state index contributed by atoms with van der Waals surface area (Å²) in [5.74, 6) is 2.46. The molecule has 0 unspecified atom stereocenters. The number of rotatable bonds is 1. The topological polar surface area (TPSA) is 53.2 Å². The van der Waals surface area contributed by atoms with E-state index in [1.54, 1.807) is 0 Å². The molecule has 0 radical (unpaired) electrons. The van der Waals surface area contributed by atoms with Gasteiger partial charge in [-0.3, -0.25) is 5.26 Å². The summed E-state index contributed by atoms with van der Waals surface area (Å²) in [6.07, 6.45) is 0. The van der Waals surface area contributed by atoms with Gasteiger partial charge in [0.2, 0.25) is 0 Å². The molecule has 0 aliphatic carbocycles. The molecule has 0 aliphatic heterocycles. The first kappa shape index (κ1) is 10.6. The molecule has 0 fully saturated rings. The Balaban J connectivity index is 0. The molecule has 0 bridgehead atoms. The van der Waals surface area contributed by atoms with Gasteiger partial charge in [0.1, 0.15) is 6.61 Å². The summed E-state index contributed by atoms with van der Waals surface area (Å²) in [5, 5.41) is 14.1. The van der Waals surface area contributed by atoms with Crippen LogP contribution in [-0.4, -0.2) is 11.9 Å². The Hall–Kier alpha value is -0.300. The first-order valence-corrected chi connectivity index (χ1v) is 2.60. The molecule has 1 N–H and O–H groups in total. The van der Waals surface area contributed by atoms with Crippen LogP contribution in [0.4, 0.5) is 0 Å². The summed E-state index contributed by atoms with van der Waals surface area (Å²) in [6, 6.07) is 0. The van der Waals surface area contributed by atoms with Crippen molar-refractivity contribution >= 4 is 22.6 Å². The molecule has 44 valence electrons. The Morgan fingerprint density at radius 1 is 1.75 bits per heavy atom. The fourth-order valence-electron chi connectivity index (χ4n) is 0.0596. The molecule has 0 aliphatic rings. The minimum Gasteiger partial charge on any atom is -0.251 e. The Bertz CT molecular complexity index is 102. The molecule has 0 aromatic rings. The summed E-state index contributed by atoms with van der Waals surface area (Å²) >= 11 is 1.86. The zero-order chi connectivity index (χ0) is 6.83. The molecule has 0 saturated carbocycles. The van der Waals surface area contributed by atoms with Crippen LogP contribution in [0.25, 0.3) is 0 Å². The molecule has 0 atom stereocenters. The fourth-order valence-corrected chi connectivity index (χ4v) is 0.215. The van der Waals surface area contributed by atoms with Gasteiger partial charge < -0.3 is 0 Å². The average molecular weight is 225 g/mol. The molecule has 8 heavy (non-hydrogen) atoms. The van der Waals surface area contributed by atoms with Crippen LogP contribution >= 0.6 is 22.6 Å². The minimum absolute atomic E-state index is 0.100. The molecule has 0 rings (SSSR count). The lowest BCUT2D eigenvalue weighted by molar-refractivity contribution is -0.229. The highest BCUT2D eigenvalue weighted by atomic mass is 127. The van der Waals surface area contributed by atoms with E-state index in [9.17, 15) is 0 Å². The molecule has 0 heterocycles.